The van der Waals surface area contributed by atoms with Gasteiger partial charge in [0.05, 0.1) is 5.69 Å². The number of likely N-dealkylation sites (N-methyl/N-ethyl adjacent to an activating group) is 1. The lowest BCUT2D eigenvalue weighted by Gasteiger charge is -2.08. The average Bonchev–Trinajstić information content (AvgIpc) is 2.36. The molecule has 0 spiro atoms. The third kappa shape index (κ3) is 2.93. The van der Waals surface area contributed by atoms with Crippen molar-refractivity contribution in [3.63, 3.8) is 0 Å². The average molecular weight is 241 g/mol. The molecule has 0 saturated carbocycles. The molecule has 1 aromatic carbocycles. The largest absolute Gasteiger partial charge is 0.319 e. The molecule has 2 aromatic rings. The van der Waals surface area contributed by atoms with Gasteiger partial charge in [-0.15, -0.1) is 0 Å². The van der Waals surface area contributed by atoms with E-state index < -0.39 is 0 Å². The molecule has 0 radical (unpaired) electrons. The maximum atomic E-state index is 4.65. The highest BCUT2D eigenvalue weighted by molar-refractivity contribution is 5.63. The van der Waals surface area contributed by atoms with E-state index in [1.54, 1.807) is 0 Å². The van der Waals surface area contributed by atoms with Gasteiger partial charge in [0.2, 0.25) is 0 Å². The summed E-state index contributed by atoms with van der Waals surface area (Å²) < 4.78 is 0. The van der Waals surface area contributed by atoms with Gasteiger partial charge in [0, 0.05) is 24.2 Å². The van der Waals surface area contributed by atoms with Gasteiger partial charge in [0.25, 0.3) is 0 Å². The van der Waals surface area contributed by atoms with Crippen LogP contribution < -0.4 is 5.32 Å². The van der Waals surface area contributed by atoms with Crippen molar-refractivity contribution >= 4 is 0 Å². The van der Waals surface area contributed by atoms with Crippen molar-refractivity contribution in [2.24, 2.45) is 0 Å². The fourth-order valence-corrected chi connectivity index (χ4v) is 1.98. The van der Waals surface area contributed by atoms with Crippen LogP contribution in [0.15, 0.2) is 30.3 Å². The summed E-state index contributed by atoms with van der Waals surface area (Å²) in [5, 5.41) is 3.13. The lowest BCUT2D eigenvalue weighted by Crippen LogP contribution is -2.13. The molecule has 0 saturated heterocycles. The third-order valence-corrected chi connectivity index (χ3v) is 2.92. The summed E-state index contributed by atoms with van der Waals surface area (Å²) in [4.78, 5) is 9.13. The van der Waals surface area contributed by atoms with Crippen LogP contribution in [0.2, 0.25) is 0 Å². The number of rotatable bonds is 4. The van der Waals surface area contributed by atoms with E-state index in [-0.39, 0.29) is 0 Å². The van der Waals surface area contributed by atoms with Crippen molar-refractivity contribution in [1.82, 2.24) is 15.3 Å². The Balaban J connectivity index is 2.39. The second kappa shape index (κ2) is 5.74. The van der Waals surface area contributed by atoms with E-state index in [9.17, 15) is 0 Å². The Morgan fingerprint density at radius 2 is 1.89 bits per heavy atom. The number of nitrogens with one attached hydrogen (secondary N) is 1. The summed E-state index contributed by atoms with van der Waals surface area (Å²) in [6.07, 6.45) is 0.858. The fourth-order valence-electron chi connectivity index (χ4n) is 1.98. The highest BCUT2D eigenvalue weighted by Crippen LogP contribution is 2.21. The highest BCUT2D eigenvalue weighted by atomic mass is 14.9. The molecular weight excluding hydrogens is 222 g/mol. The minimum Gasteiger partial charge on any atom is -0.319 e. The standard InChI is InChI=1S/C15H19N3/c1-11-6-4-5-7-13(11)14-10-12(2)17-15(18-14)8-9-16-3/h4-7,10,16H,8-9H2,1-3H3. The van der Waals surface area contributed by atoms with Crippen LogP contribution in [0.3, 0.4) is 0 Å². The van der Waals surface area contributed by atoms with Crippen LogP contribution in [-0.2, 0) is 6.42 Å². The van der Waals surface area contributed by atoms with Crippen LogP contribution in [0, 0.1) is 13.8 Å². The van der Waals surface area contributed by atoms with E-state index in [4.69, 9.17) is 0 Å². The molecule has 1 heterocycles. The SMILES string of the molecule is CNCCc1nc(C)cc(-c2ccccc2C)n1. The monoisotopic (exact) mass is 241 g/mol. The Morgan fingerprint density at radius 1 is 1.11 bits per heavy atom. The molecule has 0 bridgehead atoms. The molecule has 0 unspecified atom stereocenters. The Kier molecular flexibility index (Phi) is 4.05. The molecule has 0 atom stereocenters. The lowest BCUT2D eigenvalue weighted by molar-refractivity contribution is 0.752. The maximum absolute atomic E-state index is 4.65. The third-order valence-electron chi connectivity index (χ3n) is 2.92. The fraction of sp³-hybridized carbons (Fsp3) is 0.333. The summed E-state index contributed by atoms with van der Waals surface area (Å²) in [7, 11) is 1.94. The lowest BCUT2D eigenvalue weighted by atomic mass is 10.1. The first-order chi connectivity index (χ1) is 8.70. The van der Waals surface area contributed by atoms with Crippen molar-refractivity contribution in [3.05, 3.63) is 47.4 Å². The molecule has 0 fully saturated rings. The van der Waals surface area contributed by atoms with Gasteiger partial charge in [0.1, 0.15) is 5.82 Å². The zero-order valence-electron chi connectivity index (χ0n) is 11.2. The molecule has 18 heavy (non-hydrogen) atoms. The molecular formula is C15H19N3. The van der Waals surface area contributed by atoms with Crippen molar-refractivity contribution in [3.8, 4) is 11.3 Å². The number of aromatic nitrogens is 2. The van der Waals surface area contributed by atoms with E-state index in [1.807, 2.05) is 26.1 Å². The van der Waals surface area contributed by atoms with E-state index >= 15 is 0 Å². The molecule has 94 valence electrons. The molecule has 1 N–H and O–H groups in total. The molecule has 1 aromatic heterocycles. The predicted octanol–water partition coefficient (Wildman–Crippen LogP) is 2.52. The maximum Gasteiger partial charge on any atom is 0.130 e. The number of hydrogen-bond acceptors (Lipinski definition) is 3. The molecule has 0 aliphatic carbocycles. The van der Waals surface area contributed by atoms with Crippen molar-refractivity contribution in [2.75, 3.05) is 13.6 Å². The smallest absolute Gasteiger partial charge is 0.130 e. The van der Waals surface area contributed by atoms with Gasteiger partial charge in [-0.2, -0.15) is 0 Å². The van der Waals surface area contributed by atoms with E-state index in [1.165, 1.54) is 11.1 Å². The zero-order valence-corrected chi connectivity index (χ0v) is 11.2. The number of nitrogens with zero attached hydrogens (tertiary/aromatic N) is 2. The van der Waals surface area contributed by atoms with Crippen LogP contribution in [0.5, 0.6) is 0 Å². The van der Waals surface area contributed by atoms with E-state index in [0.29, 0.717) is 0 Å². The molecule has 0 amide bonds. The second-order valence-corrected chi connectivity index (χ2v) is 4.48. The Morgan fingerprint density at radius 3 is 2.61 bits per heavy atom. The molecule has 0 aliphatic rings. The normalized spacial score (nSPS) is 10.6. The van der Waals surface area contributed by atoms with Gasteiger partial charge in [0.15, 0.2) is 0 Å². The van der Waals surface area contributed by atoms with Gasteiger partial charge >= 0.3 is 0 Å². The molecule has 2 rings (SSSR count). The first kappa shape index (κ1) is 12.7. The minimum absolute atomic E-state index is 0.858. The number of benzene rings is 1. The number of aryl methyl sites for hydroxylation is 2. The van der Waals surface area contributed by atoms with Crippen LogP contribution in [0.4, 0.5) is 0 Å². The van der Waals surface area contributed by atoms with Crippen molar-refractivity contribution < 1.29 is 0 Å². The quantitative estimate of drug-likeness (QED) is 0.893. The number of hydrogen-bond donors (Lipinski definition) is 1. The Labute approximate surface area is 108 Å². The minimum atomic E-state index is 0.858. The summed E-state index contributed by atoms with van der Waals surface area (Å²) in [6, 6.07) is 10.4. The molecule has 3 heteroatoms. The zero-order chi connectivity index (χ0) is 13.0. The Bertz CT molecular complexity index is 535. The Hall–Kier alpha value is -1.74. The molecule has 3 nitrogen and oxygen atoms in total. The first-order valence-corrected chi connectivity index (χ1v) is 6.26. The van der Waals surface area contributed by atoms with E-state index in [0.717, 1.165) is 30.2 Å². The van der Waals surface area contributed by atoms with Gasteiger partial charge in [-0.1, -0.05) is 24.3 Å². The van der Waals surface area contributed by atoms with Gasteiger partial charge in [-0.25, -0.2) is 9.97 Å². The van der Waals surface area contributed by atoms with Gasteiger partial charge in [-0.05, 0) is 32.5 Å². The van der Waals surface area contributed by atoms with Gasteiger partial charge < -0.3 is 5.32 Å². The summed E-state index contributed by atoms with van der Waals surface area (Å²) in [5.74, 6) is 0.905. The van der Waals surface area contributed by atoms with Crippen molar-refractivity contribution in [2.45, 2.75) is 20.3 Å². The van der Waals surface area contributed by atoms with Crippen LogP contribution >= 0.6 is 0 Å². The highest BCUT2D eigenvalue weighted by Gasteiger charge is 2.06. The van der Waals surface area contributed by atoms with E-state index in [2.05, 4.69) is 40.4 Å². The second-order valence-electron chi connectivity index (χ2n) is 4.48. The first-order valence-electron chi connectivity index (χ1n) is 6.26. The van der Waals surface area contributed by atoms with Crippen LogP contribution in [0.1, 0.15) is 17.1 Å². The van der Waals surface area contributed by atoms with Crippen LogP contribution in [0.25, 0.3) is 11.3 Å². The van der Waals surface area contributed by atoms with Gasteiger partial charge in [-0.3, -0.25) is 0 Å². The van der Waals surface area contributed by atoms with Crippen molar-refractivity contribution in [1.29, 1.82) is 0 Å². The topological polar surface area (TPSA) is 37.8 Å². The predicted molar refractivity (Wildman–Crippen MR) is 74.6 cm³/mol. The molecule has 0 aliphatic heterocycles. The summed E-state index contributed by atoms with van der Waals surface area (Å²) >= 11 is 0. The summed E-state index contributed by atoms with van der Waals surface area (Å²) in [6.45, 7) is 5.03. The summed E-state index contributed by atoms with van der Waals surface area (Å²) in [5.41, 5.74) is 4.48. The van der Waals surface area contributed by atoms with Crippen LogP contribution in [-0.4, -0.2) is 23.6 Å².